The summed E-state index contributed by atoms with van der Waals surface area (Å²) in [5.41, 5.74) is 3.38. The lowest BCUT2D eigenvalue weighted by molar-refractivity contribution is 0.207. The monoisotopic (exact) mass is 245 g/mol. The molecule has 0 bridgehead atoms. The van der Waals surface area contributed by atoms with E-state index in [4.69, 9.17) is 0 Å². The molecule has 1 aromatic rings. The van der Waals surface area contributed by atoms with Crippen LogP contribution < -0.4 is 5.32 Å². The van der Waals surface area contributed by atoms with Crippen molar-refractivity contribution in [1.82, 2.24) is 5.32 Å². The zero-order valence-corrected chi connectivity index (χ0v) is 12.0. The van der Waals surface area contributed by atoms with Crippen molar-refractivity contribution in [2.45, 2.75) is 58.9 Å². The Labute approximate surface area is 112 Å². The van der Waals surface area contributed by atoms with Crippen LogP contribution in [0.15, 0.2) is 24.3 Å². The average molecular weight is 245 g/mol. The highest BCUT2D eigenvalue weighted by atomic mass is 14.9. The van der Waals surface area contributed by atoms with Gasteiger partial charge in [-0.3, -0.25) is 0 Å². The van der Waals surface area contributed by atoms with Crippen LogP contribution in [-0.4, -0.2) is 6.54 Å². The first-order valence-electron chi connectivity index (χ1n) is 7.50. The van der Waals surface area contributed by atoms with E-state index in [1.165, 1.54) is 49.8 Å². The molecule has 2 rings (SSSR count). The molecule has 1 aliphatic rings. The summed E-state index contributed by atoms with van der Waals surface area (Å²) in [4.78, 5) is 0. The predicted molar refractivity (Wildman–Crippen MR) is 78.7 cm³/mol. The molecule has 0 atom stereocenters. The molecule has 1 heteroatoms. The van der Waals surface area contributed by atoms with Gasteiger partial charge in [0.05, 0.1) is 0 Å². The van der Waals surface area contributed by atoms with Crippen LogP contribution in [0.2, 0.25) is 0 Å². The summed E-state index contributed by atoms with van der Waals surface area (Å²) in [6.07, 6.45) is 8.20. The molecule has 1 nitrogen and oxygen atoms in total. The van der Waals surface area contributed by atoms with Crippen LogP contribution in [0.5, 0.6) is 0 Å². The third kappa shape index (κ3) is 3.84. The van der Waals surface area contributed by atoms with Gasteiger partial charge in [0.2, 0.25) is 0 Å². The van der Waals surface area contributed by atoms with Gasteiger partial charge in [-0.2, -0.15) is 0 Å². The third-order valence-corrected chi connectivity index (χ3v) is 4.37. The molecule has 1 fully saturated rings. The van der Waals surface area contributed by atoms with E-state index in [0.29, 0.717) is 5.41 Å². The molecule has 1 aliphatic carbocycles. The summed E-state index contributed by atoms with van der Waals surface area (Å²) in [5.74, 6) is 0. The van der Waals surface area contributed by atoms with Crippen molar-refractivity contribution in [2.24, 2.45) is 5.41 Å². The lowest BCUT2D eigenvalue weighted by atomic mass is 9.76. The number of rotatable bonds is 5. The molecule has 1 aromatic carbocycles. The second-order valence-corrected chi connectivity index (χ2v) is 6.14. The normalized spacial score (nSPS) is 18.8. The quantitative estimate of drug-likeness (QED) is 0.815. The highest BCUT2D eigenvalue weighted by molar-refractivity contribution is 5.22. The van der Waals surface area contributed by atoms with E-state index in [1.807, 2.05) is 0 Å². The van der Waals surface area contributed by atoms with Gasteiger partial charge >= 0.3 is 0 Å². The van der Waals surface area contributed by atoms with Gasteiger partial charge in [-0.15, -0.1) is 0 Å². The number of hydrogen-bond donors (Lipinski definition) is 1. The van der Waals surface area contributed by atoms with Crippen LogP contribution in [0.4, 0.5) is 0 Å². The van der Waals surface area contributed by atoms with Gasteiger partial charge < -0.3 is 5.32 Å². The highest BCUT2D eigenvalue weighted by Crippen LogP contribution is 2.34. The molecule has 0 heterocycles. The number of aryl methyl sites for hydroxylation is 1. The van der Waals surface area contributed by atoms with Crippen molar-refractivity contribution >= 4 is 0 Å². The zero-order chi connectivity index (χ0) is 12.8. The molecule has 0 radical (unpaired) electrons. The van der Waals surface area contributed by atoms with E-state index in [1.54, 1.807) is 0 Å². The Balaban J connectivity index is 1.77. The Morgan fingerprint density at radius 3 is 2.22 bits per heavy atom. The fourth-order valence-electron chi connectivity index (χ4n) is 2.98. The molecule has 1 N–H and O–H groups in total. The minimum absolute atomic E-state index is 0.543. The minimum Gasteiger partial charge on any atom is -0.312 e. The Morgan fingerprint density at radius 2 is 1.61 bits per heavy atom. The molecule has 0 amide bonds. The van der Waals surface area contributed by atoms with Crippen LogP contribution >= 0.6 is 0 Å². The maximum Gasteiger partial charge on any atom is 0.0205 e. The van der Waals surface area contributed by atoms with Crippen LogP contribution in [-0.2, 0) is 13.0 Å². The number of nitrogens with one attached hydrogen (secondary N) is 1. The zero-order valence-electron chi connectivity index (χ0n) is 12.0. The Hall–Kier alpha value is -0.820. The van der Waals surface area contributed by atoms with Crippen LogP contribution in [0.3, 0.4) is 0 Å². The summed E-state index contributed by atoms with van der Waals surface area (Å²) in [7, 11) is 0. The van der Waals surface area contributed by atoms with Crippen molar-refractivity contribution in [1.29, 1.82) is 0 Å². The van der Waals surface area contributed by atoms with Crippen molar-refractivity contribution in [3.05, 3.63) is 35.4 Å². The van der Waals surface area contributed by atoms with Gasteiger partial charge in [-0.25, -0.2) is 0 Å². The smallest absolute Gasteiger partial charge is 0.0205 e. The van der Waals surface area contributed by atoms with Gasteiger partial charge in [-0.1, -0.05) is 57.4 Å². The fourth-order valence-corrected chi connectivity index (χ4v) is 2.98. The van der Waals surface area contributed by atoms with Gasteiger partial charge in [-0.05, 0) is 35.8 Å². The molecular formula is C17H27N. The lowest BCUT2D eigenvalue weighted by Crippen LogP contribution is -2.33. The molecule has 0 aromatic heterocycles. The second kappa shape index (κ2) is 6.38. The largest absolute Gasteiger partial charge is 0.312 e. The summed E-state index contributed by atoms with van der Waals surface area (Å²) in [6.45, 7) is 6.83. The molecule has 0 aliphatic heterocycles. The molecule has 1 saturated carbocycles. The molecular weight excluding hydrogens is 218 g/mol. The SMILES string of the molecule is CCc1ccc(CNCC2(C)CCCCC2)cc1. The molecule has 0 spiro atoms. The Morgan fingerprint density at radius 1 is 1.00 bits per heavy atom. The van der Waals surface area contributed by atoms with Crippen LogP contribution in [0.25, 0.3) is 0 Å². The predicted octanol–water partition coefficient (Wildman–Crippen LogP) is 4.31. The van der Waals surface area contributed by atoms with Crippen molar-refractivity contribution in [3.8, 4) is 0 Å². The Bertz CT molecular complexity index is 346. The van der Waals surface area contributed by atoms with E-state index in [-0.39, 0.29) is 0 Å². The minimum atomic E-state index is 0.543. The second-order valence-electron chi connectivity index (χ2n) is 6.14. The van der Waals surface area contributed by atoms with Gasteiger partial charge in [0.1, 0.15) is 0 Å². The van der Waals surface area contributed by atoms with Gasteiger partial charge in [0, 0.05) is 13.1 Å². The first-order chi connectivity index (χ1) is 8.72. The Kier molecular flexibility index (Phi) is 4.82. The van der Waals surface area contributed by atoms with E-state index in [9.17, 15) is 0 Å². The number of benzene rings is 1. The average Bonchev–Trinajstić information content (AvgIpc) is 2.40. The molecule has 0 unspecified atom stereocenters. The highest BCUT2D eigenvalue weighted by Gasteiger charge is 2.25. The van der Waals surface area contributed by atoms with Gasteiger partial charge in [0.15, 0.2) is 0 Å². The van der Waals surface area contributed by atoms with E-state index in [0.717, 1.165) is 13.0 Å². The first kappa shape index (κ1) is 13.6. The summed E-state index contributed by atoms with van der Waals surface area (Å²) < 4.78 is 0. The van der Waals surface area contributed by atoms with E-state index >= 15 is 0 Å². The summed E-state index contributed by atoms with van der Waals surface area (Å²) in [5, 5.41) is 3.65. The molecule has 0 saturated heterocycles. The molecule has 18 heavy (non-hydrogen) atoms. The van der Waals surface area contributed by atoms with Crippen molar-refractivity contribution < 1.29 is 0 Å². The van der Waals surface area contributed by atoms with E-state index in [2.05, 4.69) is 43.4 Å². The maximum atomic E-state index is 3.65. The van der Waals surface area contributed by atoms with Crippen LogP contribution in [0.1, 0.15) is 57.1 Å². The fraction of sp³-hybridized carbons (Fsp3) is 0.647. The summed E-state index contributed by atoms with van der Waals surface area (Å²) in [6, 6.07) is 9.02. The van der Waals surface area contributed by atoms with Crippen molar-refractivity contribution in [2.75, 3.05) is 6.54 Å². The molecule has 100 valence electrons. The lowest BCUT2D eigenvalue weighted by Gasteiger charge is -2.33. The standard InChI is InChI=1S/C17H27N/c1-3-15-7-9-16(10-8-15)13-18-14-17(2)11-5-4-6-12-17/h7-10,18H,3-6,11-14H2,1-2H3. The van der Waals surface area contributed by atoms with Gasteiger partial charge in [0.25, 0.3) is 0 Å². The van der Waals surface area contributed by atoms with E-state index < -0.39 is 0 Å². The number of hydrogen-bond acceptors (Lipinski definition) is 1. The third-order valence-electron chi connectivity index (χ3n) is 4.37. The summed E-state index contributed by atoms with van der Waals surface area (Å²) >= 11 is 0. The maximum absolute atomic E-state index is 3.65. The first-order valence-corrected chi connectivity index (χ1v) is 7.50. The van der Waals surface area contributed by atoms with Crippen LogP contribution in [0, 0.1) is 5.41 Å². The van der Waals surface area contributed by atoms with Crippen molar-refractivity contribution in [3.63, 3.8) is 0 Å². The topological polar surface area (TPSA) is 12.0 Å².